The molecular formula is C16H13F3N2O4. The molecule has 132 valence electrons. The lowest BCUT2D eigenvalue weighted by Gasteiger charge is -2.13. The van der Waals surface area contributed by atoms with Crippen molar-refractivity contribution in [1.82, 2.24) is 9.88 Å². The lowest BCUT2D eigenvalue weighted by Crippen LogP contribution is -2.27. The van der Waals surface area contributed by atoms with Crippen LogP contribution in [0.15, 0.2) is 24.3 Å². The largest absolute Gasteiger partial charge is 0.484 e. The summed E-state index contributed by atoms with van der Waals surface area (Å²) in [5, 5.41) is 8.87. The van der Waals surface area contributed by atoms with Gasteiger partial charge in [0.25, 0.3) is 5.91 Å². The number of amides is 1. The van der Waals surface area contributed by atoms with Gasteiger partial charge < -0.3 is 14.7 Å². The molecule has 1 amide bonds. The zero-order valence-electron chi connectivity index (χ0n) is 13.2. The van der Waals surface area contributed by atoms with Crippen molar-refractivity contribution in [2.24, 2.45) is 0 Å². The Balaban J connectivity index is 2.40. The summed E-state index contributed by atoms with van der Waals surface area (Å²) in [4.78, 5) is 27.0. The maximum atomic E-state index is 14.2. The quantitative estimate of drug-likeness (QED) is 0.892. The summed E-state index contributed by atoms with van der Waals surface area (Å²) in [7, 11) is 2.97. The number of halogens is 3. The van der Waals surface area contributed by atoms with Crippen molar-refractivity contribution in [1.29, 1.82) is 0 Å². The first-order valence-electron chi connectivity index (χ1n) is 6.93. The van der Waals surface area contributed by atoms with E-state index in [0.717, 1.165) is 24.3 Å². The molecule has 25 heavy (non-hydrogen) atoms. The van der Waals surface area contributed by atoms with Crippen molar-refractivity contribution < 1.29 is 32.6 Å². The Morgan fingerprint density at radius 2 is 1.72 bits per heavy atom. The van der Waals surface area contributed by atoms with E-state index >= 15 is 0 Å². The highest BCUT2D eigenvalue weighted by Crippen LogP contribution is 2.30. The van der Waals surface area contributed by atoms with Gasteiger partial charge in [-0.05, 0) is 12.1 Å². The SMILES string of the molecule is CN(C)C(=O)COc1cc(F)c(-c2nc(C(=O)O)ccc2F)c(F)c1. The lowest BCUT2D eigenvalue weighted by molar-refractivity contribution is -0.130. The molecule has 1 aromatic carbocycles. The van der Waals surface area contributed by atoms with Gasteiger partial charge in [0.1, 0.15) is 34.6 Å². The van der Waals surface area contributed by atoms with E-state index in [1.807, 2.05) is 0 Å². The van der Waals surface area contributed by atoms with E-state index in [9.17, 15) is 22.8 Å². The number of carbonyl (C=O) groups is 2. The summed E-state index contributed by atoms with van der Waals surface area (Å²) in [6, 6.07) is 3.15. The fraction of sp³-hybridized carbons (Fsp3) is 0.188. The van der Waals surface area contributed by atoms with Crippen LogP contribution in [0.25, 0.3) is 11.3 Å². The Kier molecular flexibility index (Phi) is 5.26. The van der Waals surface area contributed by atoms with Crippen molar-refractivity contribution in [3.63, 3.8) is 0 Å². The number of aromatic carboxylic acids is 1. The number of likely N-dealkylation sites (N-methyl/N-ethyl adjacent to an activating group) is 1. The van der Waals surface area contributed by atoms with E-state index in [0.29, 0.717) is 0 Å². The zero-order valence-corrected chi connectivity index (χ0v) is 13.2. The Bertz CT molecular complexity index is 817. The maximum Gasteiger partial charge on any atom is 0.354 e. The minimum Gasteiger partial charge on any atom is -0.484 e. The molecule has 0 saturated heterocycles. The molecule has 0 fully saturated rings. The van der Waals surface area contributed by atoms with Crippen molar-refractivity contribution in [2.75, 3.05) is 20.7 Å². The molecule has 0 radical (unpaired) electrons. The number of hydrogen-bond acceptors (Lipinski definition) is 4. The average molecular weight is 354 g/mol. The number of ether oxygens (including phenoxy) is 1. The smallest absolute Gasteiger partial charge is 0.354 e. The molecule has 1 N–H and O–H groups in total. The lowest BCUT2D eigenvalue weighted by atomic mass is 10.1. The summed E-state index contributed by atoms with van der Waals surface area (Å²) in [6.07, 6.45) is 0. The van der Waals surface area contributed by atoms with Crippen LogP contribution >= 0.6 is 0 Å². The Morgan fingerprint density at radius 3 is 2.24 bits per heavy atom. The van der Waals surface area contributed by atoms with Gasteiger partial charge in [-0.25, -0.2) is 22.9 Å². The standard InChI is InChI=1S/C16H13F3N2O4/c1-21(2)13(22)7-25-8-5-10(18)14(11(19)6-8)15-9(17)3-4-12(20-15)16(23)24/h3-6H,7H2,1-2H3,(H,23,24). The first-order chi connectivity index (χ1) is 11.7. The van der Waals surface area contributed by atoms with Crippen molar-refractivity contribution in [2.45, 2.75) is 0 Å². The van der Waals surface area contributed by atoms with E-state index in [1.165, 1.54) is 19.0 Å². The number of carboxylic acid groups (broad SMARTS) is 1. The van der Waals surface area contributed by atoms with Gasteiger partial charge in [-0.15, -0.1) is 0 Å². The molecule has 2 aromatic rings. The number of carbonyl (C=O) groups excluding carboxylic acids is 1. The number of benzene rings is 1. The second kappa shape index (κ2) is 7.20. The summed E-state index contributed by atoms with van der Waals surface area (Å²) < 4.78 is 47.3. The molecule has 2 rings (SSSR count). The molecular weight excluding hydrogens is 341 g/mol. The topological polar surface area (TPSA) is 79.7 Å². The van der Waals surface area contributed by atoms with Crippen LogP contribution in [-0.4, -0.2) is 47.6 Å². The van der Waals surface area contributed by atoms with E-state index in [2.05, 4.69) is 4.98 Å². The second-order valence-electron chi connectivity index (χ2n) is 5.17. The van der Waals surface area contributed by atoms with E-state index in [1.54, 1.807) is 0 Å². The van der Waals surface area contributed by atoms with Gasteiger partial charge in [-0.2, -0.15) is 0 Å². The molecule has 6 nitrogen and oxygen atoms in total. The predicted octanol–water partition coefficient (Wildman–Crippen LogP) is 2.33. The monoisotopic (exact) mass is 354 g/mol. The highest BCUT2D eigenvalue weighted by Gasteiger charge is 2.21. The minimum absolute atomic E-state index is 0.274. The van der Waals surface area contributed by atoms with E-state index in [-0.39, 0.29) is 5.75 Å². The minimum atomic E-state index is -1.47. The van der Waals surface area contributed by atoms with Gasteiger partial charge in [0.15, 0.2) is 6.61 Å². The molecule has 0 aliphatic heterocycles. The molecule has 1 aromatic heterocycles. The summed E-state index contributed by atoms with van der Waals surface area (Å²) in [6.45, 7) is -0.438. The van der Waals surface area contributed by atoms with Crippen LogP contribution in [-0.2, 0) is 4.79 Å². The van der Waals surface area contributed by atoms with Gasteiger partial charge >= 0.3 is 5.97 Å². The third-order valence-electron chi connectivity index (χ3n) is 3.18. The molecule has 0 spiro atoms. The number of aromatic nitrogens is 1. The Hall–Kier alpha value is -3.10. The van der Waals surface area contributed by atoms with Crippen molar-refractivity contribution in [3.8, 4) is 17.0 Å². The third kappa shape index (κ3) is 4.06. The van der Waals surface area contributed by atoms with Gasteiger partial charge in [0.05, 0.1) is 5.56 Å². The average Bonchev–Trinajstić information content (AvgIpc) is 2.53. The van der Waals surface area contributed by atoms with Gasteiger partial charge in [-0.1, -0.05) is 0 Å². The fourth-order valence-corrected chi connectivity index (χ4v) is 1.87. The van der Waals surface area contributed by atoms with Gasteiger partial charge in [-0.3, -0.25) is 4.79 Å². The molecule has 0 aliphatic rings. The van der Waals surface area contributed by atoms with Crippen LogP contribution in [0.2, 0.25) is 0 Å². The molecule has 0 saturated carbocycles. The van der Waals surface area contributed by atoms with Crippen LogP contribution in [0.1, 0.15) is 10.5 Å². The Labute approximate surface area is 140 Å². The number of rotatable bonds is 5. The first kappa shape index (κ1) is 18.2. The maximum absolute atomic E-state index is 14.2. The summed E-state index contributed by atoms with van der Waals surface area (Å²) in [5.41, 5.74) is -2.16. The number of nitrogens with zero attached hydrogens (tertiary/aromatic N) is 2. The zero-order chi connectivity index (χ0) is 18.7. The predicted molar refractivity (Wildman–Crippen MR) is 80.7 cm³/mol. The molecule has 0 atom stereocenters. The van der Waals surface area contributed by atoms with E-state index in [4.69, 9.17) is 9.84 Å². The van der Waals surface area contributed by atoms with Crippen LogP contribution in [0.4, 0.5) is 13.2 Å². The number of carboxylic acids is 1. The number of hydrogen-bond donors (Lipinski definition) is 1. The van der Waals surface area contributed by atoms with Crippen LogP contribution in [0, 0.1) is 17.5 Å². The molecule has 0 bridgehead atoms. The third-order valence-corrected chi connectivity index (χ3v) is 3.18. The van der Waals surface area contributed by atoms with Gasteiger partial charge in [0.2, 0.25) is 0 Å². The normalized spacial score (nSPS) is 10.4. The van der Waals surface area contributed by atoms with E-state index < -0.39 is 52.9 Å². The first-order valence-corrected chi connectivity index (χ1v) is 6.93. The highest BCUT2D eigenvalue weighted by atomic mass is 19.1. The van der Waals surface area contributed by atoms with Crippen molar-refractivity contribution in [3.05, 3.63) is 47.4 Å². The number of pyridine rings is 1. The fourth-order valence-electron chi connectivity index (χ4n) is 1.87. The molecule has 1 heterocycles. The summed E-state index contributed by atoms with van der Waals surface area (Å²) in [5.74, 6) is -5.67. The highest BCUT2D eigenvalue weighted by molar-refractivity contribution is 5.86. The van der Waals surface area contributed by atoms with Crippen LogP contribution in [0.5, 0.6) is 5.75 Å². The van der Waals surface area contributed by atoms with Gasteiger partial charge in [0, 0.05) is 26.2 Å². The van der Waals surface area contributed by atoms with Crippen LogP contribution < -0.4 is 4.74 Å². The second-order valence-corrected chi connectivity index (χ2v) is 5.17. The Morgan fingerprint density at radius 1 is 1.12 bits per heavy atom. The molecule has 0 unspecified atom stereocenters. The molecule has 0 aliphatic carbocycles. The summed E-state index contributed by atoms with van der Waals surface area (Å²) >= 11 is 0. The molecule has 9 heteroatoms. The van der Waals surface area contributed by atoms with Crippen LogP contribution in [0.3, 0.4) is 0 Å². The van der Waals surface area contributed by atoms with Crippen molar-refractivity contribution >= 4 is 11.9 Å².